The van der Waals surface area contributed by atoms with Crippen LogP contribution in [-0.4, -0.2) is 11.5 Å². The average Bonchev–Trinajstić information content (AvgIpc) is 2.02. The van der Waals surface area contributed by atoms with E-state index < -0.39 is 0 Å². The number of anilines is 1. The van der Waals surface area contributed by atoms with Gasteiger partial charge in [0.2, 0.25) is 0 Å². The number of pyridine rings is 1. The van der Waals surface area contributed by atoms with E-state index in [0.29, 0.717) is 17.4 Å². The third kappa shape index (κ3) is 3.67. The number of rotatable bonds is 3. The molecule has 0 saturated carbocycles. The van der Waals surface area contributed by atoms with Crippen LogP contribution in [-0.2, 0) is 0 Å². The third-order valence-electron chi connectivity index (χ3n) is 1.26. The Morgan fingerprint density at radius 2 is 2.38 bits per heavy atom. The van der Waals surface area contributed by atoms with Crippen molar-refractivity contribution in [2.45, 2.75) is 0 Å². The molecule has 0 aliphatic rings. The molecule has 0 atom stereocenters. The average molecular weight is 326 g/mol. The van der Waals surface area contributed by atoms with Gasteiger partial charge in [-0.25, -0.2) is 4.98 Å². The summed E-state index contributed by atoms with van der Waals surface area (Å²) in [5.74, 6) is 0.658. The molecule has 0 saturated heterocycles. The van der Waals surface area contributed by atoms with Crippen molar-refractivity contribution in [1.29, 1.82) is 0 Å². The minimum absolute atomic E-state index is 0.586. The number of halogens is 3. The third-order valence-corrected chi connectivity index (χ3v) is 2.26. The fourth-order valence-corrected chi connectivity index (χ4v) is 1.56. The molecule has 1 heterocycles. The number of hydrogen-bond donors (Lipinski definition) is 1. The van der Waals surface area contributed by atoms with E-state index in [1.54, 1.807) is 12.3 Å². The van der Waals surface area contributed by atoms with Gasteiger partial charge >= 0.3 is 0 Å². The summed E-state index contributed by atoms with van der Waals surface area (Å²) in [4.78, 5) is 4.10. The molecule has 13 heavy (non-hydrogen) atoms. The summed E-state index contributed by atoms with van der Waals surface area (Å²) in [5.41, 5.74) is 0. The Balaban J connectivity index is 2.72. The smallest absolute Gasteiger partial charge is 0.145 e. The molecule has 1 N–H and O–H groups in total. The monoisotopic (exact) mass is 324 g/mol. The summed E-state index contributed by atoms with van der Waals surface area (Å²) in [6.07, 6.45) is 1.69. The molecule has 5 heteroatoms. The van der Waals surface area contributed by atoms with Crippen LogP contribution in [0.2, 0.25) is 5.02 Å². The van der Waals surface area contributed by atoms with E-state index in [1.807, 2.05) is 0 Å². The van der Waals surface area contributed by atoms with E-state index in [0.717, 1.165) is 8.96 Å². The molecule has 0 fully saturated rings. The largest absolute Gasteiger partial charge is 0.364 e. The van der Waals surface area contributed by atoms with Crippen molar-refractivity contribution in [2.75, 3.05) is 11.9 Å². The molecule has 1 rings (SSSR count). The number of nitrogens with one attached hydrogen (secondary N) is 1. The van der Waals surface area contributed by atoms with Gasteiger partial charge in [-0.15, -0.1) is 0 Å². The quantitative estimate of drug-likeness (QED) is 0.913. The predicted molar refractivity (Wildman–Crippen MR) is 63.5 cm³/mol. The first-order valence-electron chi connectivity index (χ1n) is 3.48. The van der Waals surface area contributed by atoms with E-state index in [4.69, 9.17) is 11.6 Å². The highest BCUT2D eigenvalue weighted by Crippen LogP contribution is 2.22. The Morgan fingerprint density at radius 3 is 2.92 bits per heavy atom. The van der Waals surface area contributed by atoms with Crippen molar-refractivity contribution in [3.63, 3.8) is 0 Å². The zero-order valence-electron chi connectivity index (χ0n) is 6.65. The van der Waals surface area contributed by atoms with Crippen LogP contribution in [0.5, 0.6) is 0 Å². The van der Waals surface area contributed by atoms with Gasteiger partial charge in [0.15, 0.2) is 0 Å². The maximum absolute atomic E-state index is 5.91. The van der Waals surface area contributed by atoms with Crippen LogP contribution in [0, 0.1) is 0 Å². The van der Waals surface area contributed by atoms with Crippen LogP contribution in [0.15, 0.2) is 27.8 Å². The molecule has 1 aromatic heterocycles. The Labute approximate surface area is 98.6 Å². The summed E-state index contributed by atoms with van der Waals surface area (Å²) in [7, 11) is 0. The summed E-state index contributed by atoms with van der Waals surface area (Å²) in [6, 6.07) is 1.79. The lowest BCUT2D eigenvalue weighted by atomic mass is 10.4. The van der Waals surface area contributed by atoms with Crippen LogP contribution in [0.4, 0.5) is 5.82 Å². The number of hydrogen-bond acceptors (Lipinski definition) is 2. The molecule has 70 valence electrons. The van der Waals surface area contributed by atoms with Gasteiger partial charge in [0.25, 0.3) is 0 Å². The standard InChI is InChI=1S/C8H7Br2ClN2/c1-5(9)3-12-8-7(11)2-6(10)4-13-8/h2,4H,1,3H2,(H,12,13). The lowest BCUT2D eigenvalue weighted by molar-refractivity contribution is 1.22. The zero-order chi connectivity index (χ0) is 9.84. The lowest BCUT2D eigenvalue weighted by Crippen LogP contribution is -2.02. The number of aromatic nitrogens is 1. The molecule has 0 bridgehead atoms. The Kier molecular flexibility index (Phi) is 4.22. The summed E-state index contributed by atoms with van der Waals surface area (Å²) >= 11 is 12.4. The second-order valence-corrected chi connectivity index (χ2v) is 4.80. The van der Waals surface area contributed by atoms with E-state index in [1.165, 1.54) is 0 Å². The van der Waals surface area contributed by atoms with Gasteiger partial charge in [-0.2, -0.15) is 0 Å². The second kappa shape index (κ2) is 4.98. The molecule has 0 unspecified atom stereocenters. The van der Waals surface area contributed by atoms with Gasteiger partial charge in [0.1, 0.15) is 5.82 Å². The molecule has 0 amide bonds. The van der Waals surface area contributed by atoms with Gasteiger partial charge in [-0.3, -0.25) is 0 Å². The van der Waals surface area contributed by atoms with Crippen molar-refractivity contribution < 1.29 is 0 Å². The molecule has 0 aliphatic heterocycles. The molecular weight excluding hydrogens is 319 g/mol. The van der Waals surface area contributed by atoms with E-state index in [-0.39, 0.29) is 0 Å². The first-order chi connectivity index (χ1) is 6.09. The second-order valence-electron chi connectivity index (χ2n) is 2.35. The zero-order valence-corrected chi connectivity index (χ0v) is 10.6. The maximum Gasteiger partial charge on any atom is 0.145 e. The molecular formula is C8H7Br2ClN2. The summed E-state index contributed by atoms with van der Waals surface area (Å²) in [6.45, 7) is 4.30. The molecule has 0 aliphatic carbocycles. The van der Waals surface area contributed by atoms with Gasteiger partial charge < -0.3 is 5.32 Å². The van der Waals surface area contributed by atoms with Crippen LogP contribution in [0.1, 0.15) is 0 Å². The Bertz CT molecular complexity index is 328. The highest BCUT2D eigenvalue weighted by atomic mass is 79.9. The maximum atomic E-state index is 5.91. The minimum Gasteiger partial charge on any atom is -0.364 e. The van der Waals surface area contributed by atoms with Crippen molar-refractivity contribution in [3.8, 4) is 0 Å². The van der Waals surface area contributed by atoms with Gasteiger partial charge in [0, 0.05) is 21.7 Å². The van der Waals surface area contributed by atoms with Crippen LogP contribution >= 0.6 is 43.5 Å². The molecule has 0 aromatic carbocycles. The van der Waals surface area contributed by atoms with Crippen LogP contribution in [0.25, 0.3) is 0 Å². The normalized spacial score (nSPS) is 9.77. The molecule has 0 radical (unpaired) electrons. The Morgan fingerprint density at radius 1 is 1.69 bits per heavy atom. The van der Waals surface area contributed by atoms with Crippen molar-refractivity contribution in [2.24, 2.45) is 0 Å². The van der Waals surface area contributed by atoms with E-state index in [2.05, 4.69) is 48.7 Å². The molecule has 1 aromatic rings. The Hall–Kier alpha value is -0.0600. The summed E-state index contributed by atoms with van der Waals surface area (Å²) < 4.78 is 1.72. The van der Waals surface area contributed by atoms with Gasteiger partial charge in [-0.1, -0.05) is 34.1 Å². The fraction of sp³-hybridized carbons (Fsp3) is 0.125. The van der Waals surface area contributed by atoms with Gasteiger partial charge in [-0.05, 0) is 22.0 Å². The molecule has 2 nitrogen and oxygen atoms in total. The minimum atomic E-state index is 0.586. The van der Waals surface area contributed by atoms with E-state index >= 15 is 0 Å². The lowest BCUT2D eigenvalue weighted by Gasteiger charge is -2.05. The van der Waals surface area contributed by atoms with Crippen molar-refractivity contribution >= 4 is 49.3 Å². The van der Waals surface area contributed by atoms with Gasteiger partial charge in [0.05, 0.1) is 5.02 Å². The highest BCUT2D eigenvalue weighted by molar-refractivity contribution is 9.11. The van der Waals surface area contributed by atoms with Crippen LogP contribution < -0.4 is 5.32 Å². The topological polar surface area (TPSA) is 24.9 Å². The highest BCUT2D eigenvalue weighted by Gasteiger charge is 2.01. The van der Waals surface area contributed by atoms with Crippen LogP contribution in [0.3, 0.4) is 0 Å². The number of nitrogens with zero attached hydrogens (tertiary/aromatic N) is 1. The fourth-order valence-electron chi connectivity index (χ4n) is 0.724. The predicted octanol–water partition coefficient (Wildman–Crippen LogP) is 3.82. The van der Waals surface area contributed by atoms with Crippen molar-refractivity contribution in [1.82, 2.24) is 4.98 Å². The van der Waals surface area contributed by atoms with E-state index in [9.17, 15) is 0 Å². The van der Waals surface area contributed by atoms with Crippen molar-refractivity contribution in [3.05, 3.63) is 32.8 Å². The SMILES string of the molecule is C=C(Br)CNc1ncc(Br)cc1Cl. The molecule has 0 spiro atoms. The summed E-state index contributed by atoms with van der Waals surface area (Å²) in [5, 5.41) is 3.62. The first-order valence-corrected chi connectivity index (χ1v) is 5.44. The first kappa shape index (κ1) is 11.0.